The van der Waals surface area contributed by atoms with Crippen molar-refractivity contribution in [2.75, 3.05) is 26.8 Å². The monoisotopic (exact) mass is 320 g/mol. The summed E-state index contributed by atoms with van der Waals surface area (Å²) in [5, 5.41) is 11.9. The molecule has 7 nitrogen and oxygen atoms in total. The van der Waals surface area contributed by atoms with Crippen LogP contribution in [0.3, 0.4) is 0 Å². The molecule has 1 fully saturated rings. The normalized spacial score (nSPS) is 18.7. The number of methoxy groups -OCH3 is 1. The van der Waals surface area contributed by atoms with Crippen LogP contribution in [0, 0.1) is 5.92 Å². The number of amides is 2. The van der Waals surface area contributed by atoms with Crippen molar-refractivity contribution in [3.63, 3.8) is 0 Å². The summed E-state index contributed by atoms with van der Waals surface area (Å²) in [7, 11) is 1.54. The van der Waals surface area contributed by atoms with Gasteiger partial charge in [0, 0.05) is 26.6 Å². The fraction of sp³-hybridized carbons (Fsp3) is 0.438. The Morgan fingerprint density at radius 3 is 2.70 bits per heavy atom. The highest BCUT2D eigenvalue weighted by Crippen LogP contribution is 2.20. The number of carboxylic acid groups (broad SMARTS) is 1. The number of aliphatic carboxylic acids is 1. The van der Waals surface area contributed by atoms with Gasteiger partial charge in [0.25, 0.3) is 0 Å². The highest BCUT2D eigenvalue weighted by molar-refractivity contribution is 5.91. The third kappa shape index (κ3) is 4.29. The van der Waals surface area contributed by atoms with E-state index in [4.69, 9.17) is 4.74 Å². The number of benzene rings is 1. The summed E-state index contributed by atoms with van der Waals surface area (Å²) < 4.78 is 4.93. The van der Waals surface area contributed by atoms with E-state index in [1.807, 2.05) is 0 Å². The standard InChI is InChI=1S/C16H20N2O5/c1-23-8-7-18-10-12(9-13(18)19)15(20)17-14(16(21)22)11-5-3-2-4-6-11/h2-6,12,14H,7-10H2,1H3,(H,17,20)(H,21,22)/t12-,14+/m1/s1. The smallest absolute Gasteiger partial charge is 0.330 e. The van der Waals surface area contributed by atoms with E-state index in [2.05, 4.69) is 5.32 Å². The predicted molar refractivity (Wildman–Crippen MR) is 81.5 cm³/mol. The molecule has 0 unspecified atom stereocenters. The lowest BCUT2D eigenvalue weighted by atomic mass is 10.0. The molecule has 0 aliphatic carbocycles. The number of likely N-dealkylation sites (tertiary alicyclic amines) is 1. The number of carboxylic acids is 1. The number of nitrogens with one attached hydrogen (secondary N) is 1. The Labute approximate surface area is 134 Å². The molecule has 7 heteroatoms. The second-order valence-electron chi connectivity index (χ2n) is 5.42. The van der Waals surface area contributed by atoms with Gasteiger partial charge in [-0.25, -0.2) is 4.79 Å². The first-order chi connectivity index (χ1) is 11.0. The predicted octanol–water partition coefficient (Wildman–Crippen LogP) is 0.423. The van der Waals surface area contributed by atoms with Crippen LogP contribution in [0.1, 0.15) is 18.0 Å². The quantitative estimate of drug-likeness (QED) is 0.759. The topological polar surface area (TPSA) is 95.9 Å². The maximum absolute atomic E-state index is 12.3. The van der Waals surface area contributed by atoms with Crippen molar-refractivity contribution in [3.05, 3.63) is 35.9 Å². The molecule has 2 rings (SSSR count). The highest BCUT2D eigenvalue weighted by atomic mass is 16.5. The third-order valence-corrected chi connectivity index (χ3v) is 3.82. The molecule has 2 amide bonds. The summed E-state index contributed by atoms with van der Waals surface area (Å²) in [6.45, 7) is 1.12. The Hall–Kier alpha value is -2.41. The first kappa shape index (κ1) is 17.0. The van der Waals surface area contributed by atoms with E-state index in [0.29, 0.717) is 18.7 Å². The Bertz CT molecular complexity index is 575. The average molecular weight is 320 g/mol. The van der Waals surface area contributed by atoms with Crippen LogP contribution < -0.4 is 5.32 Å². The summed E-state index contributed by atoms with van der Waals surface area (Å²) >= 11 is 0. The zero-order chi connectivity index (χ0) is 16.8. The van der Waals surface area contributed by atoms with Gasteiger partial charge in [-0.1, -0.05) is 30.3 Å². The van der Waals surface area contributed by atoms with Gasteiger partial charge in [0.1, 0.15) is 0 Å². The molecule has 0 spiro atoms. The van der Waals surface area contributed by atoms with E-state index < -0.39 is 23.8 Å². The molecule has 0 aromatic heterocycles. The Morgan fingerprint density at radius 1 is 1.39 bits per heavy atom. The fourth-order valence-electron chi connectivity index (χ4n) is 2.56. The van der Waals surface area contributed by atoms with Crippen LogP contribution >= 0.6 is 0 Å². The largest absolute Gasteiger partial charge is 0.479 e. The van der Waals surface area contributed by atoms with Crippen molar-refractivity contribution in [1.29, 1.82) is 0 Å². The molecule has 1 saturated heterocycles. The van der Waals surface area contributed by atoms with Crippen LogP contribution in [0.4, 0.5) is 0 Å². The lowest BCUT2D eigenvalue weighted by Gasteiger charge is -2.18. The molecule has 1 heterocycles. The zero-order valence-corrected chi connectivity index (χ0v) is 12.9. The van der Waals surface area contributed by atoms with Gasteiger partial charge < -0.3 is 20.1 Å². The molecular weight excluding hydrogens is 300 g/mol. The Kier molecular flexibility index (Phi) is 5.70. The van der Waals surface area contributed by atoms with Gasteiger partial charge >= 0.3 is 5.97 Å². The van der Waals surface area contributed by atoms with Crippen molar-refractivity contribution in [1.82, 2.24) is 10.2 Å². The first-order valence-corrected chi connectivity index (χ1v) is 7.37. The van der Waals surface area contributed by atoms with E-state index in [1.165, 1.54) is 0 Å². The zero-order valence-electron chi connectivity index (χ0n) is 12.9. The SMILES string of the molecule is COCCN1C[C@H](C(=O)N[C@H](C(=O)O)c2ccccc2)CC1=O. The third-order valence-electron chi connectivity index (χ3n) is 3.82. The number of hydrogen-bond acceptors (Lipinski definition) is 4. The number of carbonyl (C=O) groups excluding carboxylic acids is 2. The van der Waals surface area contributed by atoms with Crippen molar-refractivity contribution in [2.24, 2.45) is 5.92 Å². The van der Waals surface area contributed by atoms with Gasteiger partial charge in [-0.3, -0.25) is 9.59 Å². The minimum atomic E-state index is -1.13. The number of rotatable bonds is 7. The molecule has 1 aromatic carbocycles. The molecule has 1 aliphatic rings. The molecule has 1 aromatic rings. The maximum atomic E-state index is 12.3. The van der Waals surface area contributed by atoms with E-state index in [9.17, 15) is 19.5 Å². The molecule has 0 bridgehead atoms. The van der Waals surface area contributed by atoms with Crippen LogP contribution in [0.2, 0.25) is 0 Å². The number of ether oxygens (including phenoxy) is 1. The van der Waals surface area contributed by atoms with Crippen LogP contribution in [-0.4, -0.2) is 54.6 Å². The van der Waals surface area contributed by atoms with Crippen LogP contribution in [0.25, 0.3) is 0 Å². The van der Waals surface area contributed by atoms with Crippen LogP contribution in [-0.2, 0) is 19.1 Å². The molecular formula is C16H20N2O5. The van der Waals surface area contributed by atoms with E-state index in [-0.39, 0.29) is 18.9 Å². The number of nitrogens with zero attached hydrogens (tertiary/aromatic N) is 1. The van der Waals surface area contributed by atoms with Crippen molar-refractivity contribution in [3.8, 4) is 0 Å². The molecule has 2 atom stereocenters. The van der Waals surface area contributed by atoms with E-state index in [0.717, 1.165) is 0 Å². The fourth-order valence-corrected chi connectivity index (χ4v) is 2.56. The summed E-state index contributed by atoms with van der Waals surface area (Å²) in [5.74, 6) is -2.21. The molecule has 1 aliphatic heterocycles. The van der Waals surface area contributed by atoms with Crippen molar-refractivity contribution >= 4 is 17.8 Å². The molecule has 2 N–H and O–H groups in total. The van der Waals surface area contributed by atoms with Gasteiger partial charge in [0.15, 0.2) is 6.04 Å². The molecule has 0 saturated carbocycles. The molecule has 23 heavy (non-hydrogen) atoms. The molecule has 0 radical (unpaired) electrons. The van der Waals surface area contributed by atoms with Crippen LogP contribution in [0.15, 0.2) is 30.3 Å². The minimum absolute atomic E-state index is 0.0939. The number of carbonyl (C=O) groups is 3. The van der Waals surface area contributed by atoms with E-state index in [1.54, 1.807) is 42.3 Å². The summed E-state index contributed by atoms with van der Waals surface area (Å²) in [5.41, 5.74) is 0.494. The summed E-state index contributed by atoms with van der Waals surface area (Å²) in [4.78, 5) is 37.1. The lowest BCUT2D eigenvalue weighted by Crippen LogP contribution is -2.39. The Balaban J connectivity index is 2.00. The average Bonchev–Trinajstić information content (AvgIpc) is 2.92. The van der Waals surface area contributed by atoms with Gasteiger partial charge in [-0.15, -0.1) is 0 Å². The van der Waals surface area contributed by atoms with E-state index >= 15 is 0 Å². The van der Waals surface area contributed by atoms with Crippen molar-refractivity contribution in [2.45, 2.75) is 12.5 Å². The second-order valence-corrected chi connectivity index (χ2v) is 5.42. The summed E-state index contributed by atoms with van der Waals surface area (Å²) in [6.07, 6.45) is 0.0939. The van der Waals surface area contributed by atoms with Crippen LogP contribution in [0.5, 0.6) is 0 Å². The lowest BCUT2D eigenvalue weighted by molar-refractivity contribution is -0.142. The second kappa shape index (κ2) is 7.73. The number of hydrogen-bond donors (Lipinski definition) is 2. The van der Waals surface area contributed by atoms with Gasteiger partial charge in [-0.05, 0) is 5.56 Å². The van der Waals surface area contributed by atoms with Gasteiger partial charge in [0.2, 0.25) is 11.8 Å². The van der Waals surface area contributed by atoms with Gasteiger partial charge in [-0.2, -0.15) is 0 Å². The van der Waals surface area contributed by atoms with Gasteiger partial charge in [0.05, 0.1) is 12.5 Å². The molecule has 124 valence electrons. The minimum Gasteiger partial charge on any atom is -0.479 e. The highest BCUT2D eigenvalue weighted by Gasteiger charge is 2.35. The maximum Gasteiger partial charge on any atom is 0.330 e. The van der Waals surface area contributed by atoms with Crippen molar-refractivity contribution < 1.29 is 24.2 Å². The Morgan fingerprint density at radius 2 is 2.09 bits per heavy atom. The summed E-state index contributed by atoms with van der Waals surface area (Å²) in [6, 6.07) is 7.36. The first-order valence-electron chi connectivity index (χ1n) is 7.37.